The molecule has 4 aromatic rings. The molecular weight excluding hydrogens is 461 g/mol. The number of carbonyl (C=O) groups is 1. The molecule has 158 valence electrons. The highest BCUT2D eigenvalue weighted by Gasteiger charge is 2.18. The van der Waals surface area contributed by atoms with Crippen molar-refractivity contribution in [3.05, 3.63) is 65.2 Å². The highest BCUT2D eigenvalue weighted by molar-refractivity contribution is 7.18. The van der Waals surface area contributed by atoms with Crippen LogP contribution >= 0.6 is 34.5 Å². The number of amides is 1. The maximum absolute atomic E-state index is 12.4. The number of nitrogens with zero attached hydrogens (tertiary/aromatic N) is 4. The summed E-state index contributed by atoms with van der Waals surface area (Å²) in [6, 6.07) is 12.2. The zero-order valence-electron chi connectivity index (χ0n) is 16.1. The minimum Gasteiger partial charge on any atom is -0.497 e. The lowest BCUT2D eigenvalue weighted by molar-refractivity contribution is -0.118. The van der Waals surface area contributed by atoms with Crippen LogP contribution in [0.4, 0.5) is 5.13 Å². The number of ether oxygens (including phenoxy) is 2. The van der Waals surface area contributed by atoms with E-state index in [0.29, 0.717) is 31.6 Å². The minimum absolute atomic E-state index is 0.239. The number of benzene rings is 2. The molecule has 0 fully saturated rings. The second kappa shape index (κ2) is 9.34. The molecule has 0 saturated carbocycles. The third kappa shape index (κ3) is 4.96. The number of nitrogens with one attached hydrogen (secondary N) is 1. The molecule has 0 bridgehead atoms. The van der Waals surface area contributed by atoms with E-state index in [1.807, 2.05) is 24.3 Å². The highest BCUT2D eigenvalue weighted by Crippen LogP contribution is 2.34. The summed E-state index contributed by atoms with van der Waals surface area (Å²) in [6.07, 6.45) is 3.00. The molecule has 8 nitrogen and oxygen atoms in total. The average molecular weight is 476 g/mol. The van der Waals surface area contributed by atoms with Crippen molar-refractivity contribution in [1.29, 1.82) is 0 Å². The van der Waals surface area contributed by atoms with Gasteiger partial charge in [0.15, 0.2) is 11.7 Å². The Kier molecular flexibility index (Phi) is 6.36. The van der Waals surface area contributed by atoms with Crippen LogP contribution in [0, 0.1) is 0 Å². The summed E-state index contributed by atoms with van der Waals surface area (Å²) in [7, 11) is 1.60. The van der Waals surface area contributed by atoms with Gasteiger partial charge < -0.3 is 9.47 Å². The van der Waals surface area contributed by atoms with Crippen LogP contribution in [0.5, 0.6) is 11.5 Å². The number of carbonyl (C=O) groups excluding carboxylic acids is 1. The minimum atomic E-state index is -0.383. The van der Waals surface area contributed by atoms with Crippen LogP contribution in [-0.2, 0) is 4.79 Å². The first-order valence-corrected chi connectivity index (χ1v) is 10.5. The molecular formula is C20H15Cl2N5O3S. The molecule has 0 radical (unpaired) electrons. The van der Waals surface area contributed by atoms with Crippen molar-refractivity contribution >= 4 is 45.6 Å². The van der Waals surface area contributed by atoms with E-state index in [0.717, 1.165) is 11.3 Å². The van der Waals surface area contributed by atoms with E-state index in [1.54, 1.807) is 36.3 Å². The van der Waals surface area contributed by atoms with Crippen molar-refractivity contribution < 1.29 is 14.3 Å². The fraction of sp³-hybridized carbons (Fsp3) is 0.100. The van der Waals surface area contributed by atoms with E-state index in [4.69, 9.17) is 32.7 Å². The van der Waals surface area contributed by atoms with Crippen LogP contribution in [0.15, 0.2) is 55.1 Å². The molecule has 2 heterocycles. The zero-order chi connectivity index (χ0) is 21.8. The lowest BCUT2D eigenvalue weighted by atomic mass is 10.1. The lowest BCUT2D eigenvalue weighted by Gasteiger charge is -2.07. The van der Waals surface area contributed by atoms with Crippen LogP contribution in [0.3, 0.4) is 0 Å². The van der Waals surface area contributed by atoms with E-state index in [9.17, 15) is 4.79 Å². The average Bonchev–Trinajstić information content (AvgIpc) is 3.43. The van der Waals surface area contributed by atoms with Gasteiger partial charge in [-0.15, -0.1) is 0 Å². The van der Waals surface area contributed by atoms with Gasteiger partial charge in [0.1, 0.15) is 34.8 Å². The highest BCUT2D eigenvalue weighted by atomic mass is 35.5. The number of hydrogen-bond acceptors (Lipinski definition) is 7. The van der Waals surface area contributed by atoms with Crippen molar-refractivity contribution in [1.82, 2.24) is 19.7 Å². The first-order valence-electron chi connectivity index (χ1n) is 8.91. The number of hydrogen-bond donors (Lipinski definition) is 1. The fourth-order valence-electron chi connectivity index (χ4n) is 2.66. The molecule has 0 spiro atoms. The van der Waals surface area contributed by atoms with Gasteiger partial charge in [-0.1, -0.05) is 34.5 Å². The van der Waals surface area contributed by atoms with Crippen LogP contribution in [0.1, 0.15) is 0 Å². The van der Waals surface area contributed by atoms with Gasteiger partial charge in [-0.05, 0) is 42.5 Å². The molecule has 1 N–H and O–H groups in total. The quantitative estimate of drug-likeness (QED) is 0.415. The van der Waals surface area contributed by atoms with Gasteiger partial charge in [-0.2, -0.15) is 5.10 Å². The molecule has 0 atom stereocenters. The van der Waals surface area contributed by atoms with Crippen LogP contribution < -0.4 is 14.8 Å². The normalized spacial score (nSPS) is 10.7. The Balaban J connectivity index is 1.53. The predicted molar refractivity (Wildman–Crippen MR) is 120 cm³/mol. The topological polar surface area (TPSA) is 91.2 Å². The van der Waals surface area contributed by atoms with E-state index in [1.165, 1.54) is 17.7 Å². The van der Waals surface area contributed by atoms with Gasteiger partial charge in [0.25, 0.3) is 5.91 Å². The summed E-state index contributed by atoms with van der Waals surface area (Å²) in [4.78, 5) is 21.0. The van der Waals surface area contributed by atoms with Crippen LogP contribution in [-0.4, -0.2) is 39.4 Å². The summed E-state index contributed by atoms with van der Waals surface area (Å²) >= 11 is 13.2. The van der Waals surface area contributed by atoms with Crippen molar-refractivity contribution in [3.8, 4) is 27.8 Å². The van der Waals surface area contributed by atoms with Crippen molar-refractivity contribution in [2.45, 2.75) is 0 Å². The van der Waals surface area contributed by atoms with E-state index >= 15 is 0 Å². The number of methoxy groups -OCH3 is 1. The molecule has 1 amide bonds. The van der Waals surface area contributed by atoms with E-state index in [2.05, 4.69) is 20.4 Å². The number of anilines is 1. The number of thiazole rings is 1. The Bertz CT molecular complexity index is 1200. The third-order valence-electron chi connectivity index (χ3n) is 4.10. The summed E-state index contributed by atoms with van der Waals surface area (Å²) in [5.74, 6) is 0.710. The first-order chi connectivity index (χ1) is 15.0. The SMILES string of the molecule is COc1ccc(-c2nc(NC(=O)COc3ccc(Cl)cc3Cl)sc2-n2cncn2)cc1. The molecule has 31 heavy (non-hydrogen) atoms. The Morgan fingerprint density at radius 2 is 2.00 bits per heavy atom. The maximum Gasteiger partial charge on any atom is 0.264 e. The molecule has 4 rings (SSSR count). The van der Waals surface area contributed by atoms with Crippen molar-refractivity contribution in [2.75, 3.05) is 19.0 Å². The van der Waals surface area contributed by atoms with E-state index in [-0.39, 0.29) is 12.5 Å². The van der Waals surface area contributed by atoms with Crippen LogP contribution in [0.25, 0.3) is 16.3 Å². The Morgan fingerprint density at radius 3 is 2.68 bits per heavy atom. The van der Waals surface area contributed by atoms with Crippen LogP contribution in [0.2, 0.25) is 10.0 Å². The van der Waals surface area contributed by atoms with Gasteiger partial charge in [-0.25, -0.2) is 14.6 Å². The summed E-state index contributed by atoms with van der Waals surface area (Å²) in [6.45, 7) is -0.239. The van der Waals surface area contributed by atoms with Gasteiger partial charge in [-0.3, -0.25) is 10.1 Å². The predicted octanol–water partition coefficient (Wildman–Crippen LogP) is 4.72. The van der Waals surface area contributed by atoms with Gasteiger partial charge in [0.05, 0.1) is 12.1 Å². The number of halogens is 2. The molecule has 0 unspecified atom stereocenters. The largest absolute Gasteiger partial charge is 0.497 e. The monoisotopic (exact) mass is 475 g/mol. The summed E-state index contributed by atoms with van der Waals surface area (Å²) in [5, 5.41) is 8.84. The van der Waals surface area contributed by atoms with Crippen molar-refractivity contribution in [2.24, 2.45) is 0 Å². The third-order valence-corrected chi connectivity index (χ3v) is 5.59. The smallest absolute Gasteiger partial charge is 0.264 e. The Hall–Kier alpha value is -3.14. The Labute approximate surface area is 191 Å². The Morgan fingerprint density at radius 1 is 1.19 bits per heavy atom. The molecule has 2 aromatic heterocycles. The molecule has 11 heteroatoms. The second-order valence-corrected chi connectivity index (χ2v) is 7.97. The molecule has 2 aromatic carbocycles. The lowest BCUT2D eigenvalue weighted by Crippen LogP contribution is -2.20. The molecule has 0 aliphatic rings. The molecule has 0 saturated heterocycles. The maximum atomic E-state index is 12.4. The van der Waals surface area contributed by atoms with Crippen molar-refractivity contribution in [3.63, 3.8) is 0 Å². The summed E-state index contributed by atoms with van der Waals surface area (Å²) < 4.78 is 12.3. The van der Waals surface area contributed by atoms with Gasteiger partial charge >= 0.3 is 0 Å². The second-order valence-electron chi connectivity index (χ2n) is 6.15. The molecule has 0 aliphatic carbocycles. The first kappa shape index (κ1) is 21.1. The zero-order valence-corrected chi connectivity index (χ0v) is 18.4. The van der Waals surface area contributed by atoms with Gasteiger partial charge in [0.2, 0.25) is 0 Å². The number of aromatic nitrogens is 4. The van der Waals surface area contributed by atoms with E-state index < -0.39 is 0 Å². The standard InChI is InChI=1S/C20H15Cl2N5O3S/c1-29-14-5-2-12(3-6-14)18-19(27-11-23-10-24-27)31-20(26-18)25-17(28)9-30-16-7-4-13(21)8-15(16)22/h2-8,10-11H,9H2,1H3,(H,25,26,28). The van der Waals surface area contributed by atoms with Gasteiger partial charge in [0, 0.05) is 10.6 Å². The fourth-order valence-corrected chi connectivity index (χ4v) is 4.06. The number of rotatable bonds is 7. The molecule has 0 aliphatic heterocycles. The summed E-state index contributed by atoms with van der Waals surface area (Å²) in [5.41, 5.74) is 1.49.